The minimum Gasteiger partial charge on any atom is -0.368 e. The monoisotopic (exact) mass is 183 g/mol. The molecule has 1 heterocycles. The van der Waals surface area contributed by atoms with Crippen molar-refractivity contribution < 1.29 is 5.21 Å². The van der Waals surface area contributed by atoms with Crippen LogP contribution in [-0.4, -0.2) is 27.5 Å². The first-order valence-corrected chi connectivity index (χ1v) is 3.91. The van der Waals surface area contributed by atoms with Gasteiger partial charge in [0, 0.05) is 26.2 Å². The number of hydrogen-bond acceptors (Lipinski definition) is 3. The van der Waals surface area contributed by atoms with Gasteiger partial charge in [0.2, 0.25) is 5.96 Å². The molecule has 0 spiro atoms. The minimum atomic E-state index is 0.0240. The summed E-state index contributed by atoms with van der Waals surface area (Å²) in [6.45, 7) is 0.510. The van der Waals surface area contributed by atoms with Crippen molar-refractivity contribution in [2.24, 2.45) is 17.8 Å². The quantitative estimate of drug-likeness (QED) is 0.327. The van der Waals surface area contributed by atoms with Gasteiger partial charge in [-0.2, -0.15) is 5.10 Å². The predicted octanol–water partition coefficient (Wildman–Crippen LogP) is -0.744. The molecule has 13 heavy (non-hydrogen) atoms. The van der Waals surface area contributed by atoms with E-state index in [0.717, 1.165) is 5.69 Å². The number of nitrogens with two attached hydrogens (primary N) is 1. The molecule has 4 N–H and O–H groups in total. The summed E-state index contributed by atoms with van der Waals surface area (Å²) in [4.78, 5) is 3.83. The topological polar surface area (TPSA) is 88.5 Å². The average molecular weight is 183 g/mol. The molecular weight excluding hydrogens is 170 g/mol. The standard InChI is InChI=1S/C7H13N5O/c1-12-5-3-6(10-12)2-4-9-7(8)11-13/h3,5,13H,2,4H2,1H3,(H3,8,9,11). The molecule has 0 saturated heterocycles. The van der Waals surface area contributed by atoms with Crippen molar-refractivity contribution in [2.45, 2.75) is 6.42 Å². The van der Waals surface area contributed by atoms with Gasteiger partial charge in [0.1, 0.15) is 0 Å². The van der Waals surface area contributed by atoms with Crippen molar-refractivity contribution in [3.63, 3.8) is 0 Å². The molecule has 1 aromatic heterocycles. The molecule has 0 bridgehead atoms. The smallest absolute Gasteiger partial charge is 0.212 e. The summed E-state index contributed by atoms with van der Waals surface area (Å²) in [6, 6.07) is 1.91. The molecule has 0 aliphatic carbocycles. The van der Waals surface area contributed by atoms with E-state index in [2.05, 4.69) is 10.1 Å². The number of rotatable bonds is 3. The molecule has 72 valence electrons. The number of aromatic nitrogens is 2. The van der Waals surface area contributed by atoms with Crippen LogP contribution in [0.25, 0.3) is 0 Å². The second-order valence-electron chi connectivity index (χ2n) is 2.61. The molecule has 0 unspecified atom stereocenters. The van der Waals surface area contributed by atoms with Crippen LogP contribution >= 0.6 is 0 Å². The van der Waals surface area contributed by atoms with Crippen LogP contribution in [-0.2, 0) is 13.5 Å². The van der Waals surface area contributed by atoms with Gasteiger partial charge in [0.05, 0.1) is 5.69 Å². The Balaban J connectivity index is 2.35. The highest BCUT2D eigenvalue weighted by Gasteiger charge is 1.95. The number of hydrogen-bond donors (Lipinski definition) is 3. The van der Waals surface area contributed by atoms with Gasteiger partial charge in [-0.05, 0) is 6.07 Å². The van der Waals surface area contributed by atoms with Gasteiger partial charge in [0.15, 0.2) is 0 Å². The molecule has 0 saturated carbocycles. The lowest BCUT2D eigenvalue weighted by Gasteiger charge is -1.95. The third-order valence-corrected chi connectivity index (χ3v) is 1.53. The Kier molecular flexibility index (Phi) is 3.27. The van der Waals surface area contributed by atoms with Gasteiger partial charge in [-0.25, -0.2) is 5.48 Å². The van der Waals surface area contributed by atoms with Crippen LogP contribution in [0.2, 0.25) is 0 Å². The molecule has 1 aromatic rings. The summed E-state index contributed by atoms with van der Waals surface area (Å²) in [5, 5.41) is 12.5. The fourth-order valence-electron chi connectivity index (χ4n) is 0.923. The Labute approximate surface area is 76.0 Å². The third-order valence-electron chi connectivity index (χ3n) is 1.53. The number of nitrogens with zero attached hydrogens (tertiary/aromatic N) is 3. The molecule has 6 nitrogen and oxygen atoms in total. The molecule has 0 fully saturated rings. The van der Waals surface area contributed by atoms with E-state index in [0.29, 0.717) is 13.0 Å². The fraction of sp³-hybridized carbons (Fsp3) is 0.429. The van der Waals surface area contributed by atoms with E-state index < -0.39 is 0 Å². The molecule has 0 amide bonds. The lowest BCUT2D eigenvalue weighted by atomic mass is 10.3. The molecule has 6 heteroatoms. The lowest BCUT2D eigenvalue weighted by molar-refractivity contribution is 0.232. The highest BCUT2D eigenvalue weighted by atomic mass is 16.5. The Morgan fingerprint density at radius 3 is 3.15 bits per heavy atom. The SMILES string of the molecule is Cn1ccc(CCN=C(N)NO)n1. The lowest BCUT2D eigenvalue weighted by Crippen LogP contribution is -2.28. The van der Waals surface area contributed by atoms with E-state index >= 15 is 0 Å². The fourth-order valence-corrected chi connectivity index (χ4v) is 0.923. The van der Waals surface area contributed by atoms with Crippen molar-refractivity contribution in [1.29, 1.82) is 0 Å². The number of hydroxylamine groups is 1. The summed E-state index contributed by atoms with van der Waals surface area (Å²) < 4.78 is 1.73. The Hall–Kier alpha value is -1.56. The molecule has 0 aliphatic rings. The van der Waals surface area contributed by atoms with E-state index in [1.54, 1.807) is 10.2 Å². The van der Waals surface area contributed by atoms with Gasteiger partial charge in [-0.15, -0.1) is 0 Å². The van der Waals surface area contributed by atoms with Crippen LogP contribution in [0.5, 0.6) is 0 Å². The van der Waals surface area contributed by atoms with Crippen molar-refractivity contribution >= 4 is 5.96 Å². The largest absolute Gasteiger partial charge is 0.368 e. The minimum absolute atomic E-state index is 0.0240. The van der Waals surface area contributed by atoms with Crippen LogP contribution in [0.1, 0.15) is 5.69 Å². The van der Waals surface area contributed by atoms with E-state index in [9.17, 15) is 0 Å². The first-order chi connectivity index (χ1) is 6.22. The summed E-state index contributed by atoms with van der Waals surface area (Å²) >= 11 is 0. The second kappa shape index (κ2) is 4.46. The molecular formula is C7H13N5O. The van der Waals surface area contributed by atoms with E-state index in [-0.39, 0.29) is 5.96 Å². The number of nitrogens with one attached hydrogen (secondary N) is 1. The van der Waals surface area contributed by atoms with Gasteiger partial charge >= 0.3 is 0 Å². The number of aryl methyl sites for hydroxylation is 1. The summed E-state index contributed by atoms with van der Waals surface area (Å²) in [7, 11) is 1.86. The van der Waals surface area contributed by atoms with E-state index in [1.165, 1.54) is 0 Å². The predicted molar refractivity (Wildman–Crippen MR) is 48.3 cm³/mol. The first kappa shape index (κ1) is 9.53. The highest BCUT2D eigenvalue weighted by molar-refractivity contribution is 5.76. The normalized spacial score (nSPS) is 11.7. The van der Waals surface area contributed by atoms with Crippen molar-refractivity contribution in [2.75, 3.05) is 6.54 Å². The van der Waals surface area contributed by atoms with Gasteiger partial charge in [-0.3, -0.25) is 14.9 Å². The summed E-state index contributed by atoms with van der Waals surface area (Å²) in [6.07, 6.45) is 2.58. The molecule has 0 atom stereocenters. The van der Waals surface area contributed by atoms with Gasteiger partial charge in [-0.1, -0.05) is 0 Å². The van der Waals surface area contributed by atoms with Crippen molar-refractivity contribution in [1.82, 2.24) is 15.3 Å². The summed E-state index contributed by atoms with van der Waals surface area (Å²) in [5.41, 5.74) is 7.92. The van der Waals surface area contributed by atoms with Crippen LogP contribution in [0, 0.1) is 0 Å². The Morgan fingerprint density at radius 1 is 1.85 bits per heavy atom. The number of guanidine groups is 1. The molecule has 1 rings (SSSR count). The van der Waals surface area contributed by atoms with Crippen LogP contribution in [0.3, 0.4) is 0 Å². The van der Waals surface area contributed by atoms with Gasteiger partial charge < -0.3 is 5.73 Å². The van der Waals surface area contributed by atoms with Crippen LogP contribution in [0.15, 0.2) is 17.3 Å². The second-order valence-corrected chi connectivity index (χ2v) is 2.61. The van der Waals surface area contributed by atoms with Crippen molar-refractivity contribution in [3.8, 4) is 0 Å². The van der Waals surface area contributed by atoms with Crippen molar-refractivity contribution in [3.05, 3.63) is 18.0 Å². The zero-order valence-electron chi connectivity index (χ0n) is 7.44. The van der Waals surface area contributed by atoms with E-state index in [4.69, 9.17) is 10.9 Å². The molecule has 0 radical (unpaired) electrons. The maximum absolute atomic E-state index is 8.31. The molecule has 0 aliphatic heterocycles. The van der Waals surface area contributed by atoms with Crippen LogP contribution in [0.4, 0.5) is 0 Å². The first-order valence-electron chi connectivity index (χ1n) is 3.91. The number of aliphatic imine (C=N–C) groups is 1. The molecule has 0 aromatic carbocycles. The maximum Gasteiger partial charge on any atom is 0.212 e. The zero-order chi connectivity index (χ0) is 9.68. The van der Waals surface area contributed by atoms with Gasteiger partial charge in [0.25, 0.3) is 0 Å². The van der Waals surface area contributed by atoms with E-state index in [1.807, 2.05) is 19.3 Å². The highest BCUT2D eigenvalue weighted by Crippen LogP contribution is 1.94. The Bertz CT molecular complexity index is 293. The zero-order valence-corrected chi connectivity index (χ0v) is 7.44. The maximum atomic E-state index is 8.31. The van der Waals surface area contributed by atoms with Crippen LogP contribution < -0.4 is 11.2 Å². The summed E-state index contributed by atoms with van der Waals surface area (Å²) in [5.74, 6) is 0.0240. The average Bonchev–Trinajstić information content (AvgIpc) is 2.51. The third kappa shape index (κ3) is 3.12. The Morgan fingerprint density at radius 2 is 2.62 bits per heavy atom.